The van der Waals surface area contributed by atoms with Gasteiger partial charge in [0.2, 0.25) is 0 Å². The summed E-state index contributed by atoms with van der Waals surface area (Å²) in [6.07, 6.45) is 0.954. The normalized spacial score (nSPS) is 13.0. The average molecular weight is 358 g/mol. The number of nitrogens with zero attached hydrogens (tertiary/aromatic N) is 2. The predicted molar refractivity (Wildman–Crippen MR) is 101 cm³/mol. The first-order valence-electron chi connectivity index (χ1n) is 7.93. The molecule has 3 nitrogen and oxygen atoms in total. The molecule has 0 amide bonds. The Hall–Kier alpha value is -1.97. The molecule has 4 rings (SSSR count). The van der Waals surface area contributed by atoms with Gasteiger partial charge in [0.25, 0.3) is 0 Å². The first kappa shape index (κ1) is 15.6. The van der Waals surface area contributed by atoms with E-state index in [0.29, 0.717) is 10.0 Å². The van der Waals surface area contributed by atoms with Crippen LogP contribution in [0.15, 0.2) is 36.4 Å². The molecule has 0 spiro atoms. The number of aromatic nitrogens is 2. The largest absolute Gasteiger partial charge is 0.369 e. The molecule has 0 fully saturated rings. The van der Waals surface area contributed by atoms with Crippen molar-refractivity contribution in [1.29, 1.82) is 0 Å². The van der Waals surface area contributed by atoms with Crippen LogP contribution in [0.25, 0.3) is 16.9 Å². The highest BCUT2D eigenvalue weighted by Crippen LogP contribution is 2.37. The lowest BCUT2D eigenvalue weighted by atomic mass is 10.1. The summed E-state index contributed by atoms with van der Waals surface area (Å²) in [4.78, 5) is 0. The van der Waals surface area contributed by atoms with Crippen molar-refractivity contribution in [2.45, 2.75) is 20.3 Å². The Kier molecular flexibility index (Phi) is 3.78. The van der Waals surface area contributed by atoms with Crippen LogP contribution in [0.1, 0.15) is 16.7 Å². The lowest BCUT2D eigenvalue weighted by Crippen LogP contribution is -2.05. The summed E-state index contributed by atoms with van der Waals surface area (Å²) in [6, 6.07) is 12.1. The maximum absolute atomic E-state index is 6.20. The Morgan fingerprint density at radius 2 is 1.88 bits per heavy atom. The van der Waals surface area contributed by atoms with Crippen LogP contribution >= 0.6 is 23.2 Å². The molecule has 122 valence electrons. The Labute approximate surface area is 151 Å². The van der Waals surface area contributed by atoms with Crippen molar-refractivity contribution >= 4 is 29.0 Å². The molecule has 2 heterocycles. The number of fused-ring (bicyclic) bond motifs is 1. The molecule has 0 aliphatic carbocycles. The maximum Gasteiger partial charge on any atom is 0.133 e. The third-order valence-corrected chi connectivity index (χ3v) is 5.16. The van der Waals surface area contributed by atoms with Gasteiger partial charge in [-0.3, -0.25) is 0 Å². The highest BCUT2D eigenvalue weighted by atomic mass is 35.5. The molecule has 5 heteroatoms. The van der Waals surface area contributed by atoms with E-state index in [4.69, 9.17) is 28.3 Å². The fourth-order valence-electron chi connectivity index (χ4n) is 3.27. The van der Waals surface area contributed by atoms with E-state index >= 15 is 0 Å². The molecule has 0 radical (unpaired) electrons. The van der Waals surface area contributed by atoms with Crippen molar-refractivity contribution in [1.82, 2.24) is 9.78 Å². The van der Waals surface area contributed by atoms with Crippen molar-refractivity contribution in [3.8, 4) is 16.9 Å². The highest BCUT2D eigenvalue weighted by molar-refractivity contribution is 6.42. The molecular formula is C19H17Cl2N3. The van der Waals surface area contributed by atoms with E-state index in [-0.39, 0.29) is 0 Å². The summed E-state index contributed by atoms with van der Waals surface area (Å²) in [6.45, 7) is 5.14. The molecular weight excluding hydrogens is 341 g/mol. The molecule has 0 bridgehead atoms. The third kappa shape index (κ3) is 2.48. The second kappa shape index (κ2) is 5.83. The number of hydrogen-bond acceptors (Lipinski definition) is 2. The van der Waals surface area contributed by atoms with Gasteiger partial charge >= 0.3 is 0 Å². The number of halogens is 2. The van der Waals surface area contributed by atoms with Crippen molar-refractivity contribution in [2.24, 2.45) is 0 Å². The molecule has 0 saturated heterocycles. The minimum Gasteiger partial charge on any atom is -0.369 e. The Balaban J connectivity index is 1.90. The van der Waals surface area contributed by atoms with Gasteiger partial charge in [-0.1, -0.05) is 47.0 Å². The van der Waals surface area contributed by atoms with E-state index in [0.717, 1.165) is 35.7 Å². The van der Waals surface area contributed by atoms with Crippen LogP contribution in [0.4, 0.5) is 5.82 Å². The summed E-state index contributed by atoms with van der Waals surface area (Å²) in [5.41, 5.74) is 6.74. The summed E-state index contributed by atoms with van der Waals surface area (Å²) in [5, 5.41) is 9.46. The van der Waals surface area contributed by atoms with E-state index in [9.17, 15) is 0 Å². The Morgan fingerprint density at radius 1 is 1.04 bits per heavy atom. The number of hydrogen-bond donors (Lipinski definition) is 1. The zero-order chi connectivity index (χ0) is 16.8. The standard InChI is InChI=1S/C19H17Cl2N3/c1-11-3-6-17(12(2)9-11)24-19-14(7-8-22-19)18(23-24)13-4-5-15(20)16(21)10-13/h3-6,9-10,22H,7-8H2,1-2H3. The molecule has 1 aliphatic rings. The Bertz CT molecular complexity index is 944. The molecule has 0 atom stereocenters. The zero-order valence-corrected chi connectivity index (χ0v) is 15.0. The maximum atomic E-state index is 6.20. The van der Waals surface area contributed by atoms with Crippen molar-refractivity contribution in [3.63, 3.8) is 0 Å². The molecule has 1 aromatic heterocycles. The van der Waals surface area contributed by atoms with Crippen LogP contribution in [-0.2, 0) is 6.42 Å². The van der Waals surface area contributed by atoms with E-state index in [1.165, 1.54) is 16.7 Å². The first-order chi connectivity index (χ1) is 11.5. The van der Waals surface area contributed by atoms with Crippen LogP contribution in [0.5, 0.6) is 0 Å². The second-order valence-electron chi connectivity index (χ2n) is 6.18. The molecule has 3 aromatic rings. The predicted octanol–water partition coefficient (Wildman–Crippen LogP) is 5.43. The van der Waals surface area contributed by atoms with Gasteiger partial charge in [-0.2, -0.15) is 5.10 Å². The molecule has 24 heavy (non-hydrogen) atoms. The van der Waals surface area contributed by atoms with E-state index in [2.05, 4.69) is 37.4 Å². The van der Waals surface area contributed by atoms with Crippen LogP contribution in [0.3, 0.4) is 0 Å². The topological polar surface area (TPSA) is 29.9 Å². The van der Waals surface area contributed by atoms with Gasteiger partial charge in [0.1, 0.15) is 5.82 Å². The summed E-state index contributed by atoms with van der Waals surface area (Å²) >= 11 is 12.3. The van der Waals surface area contributed by atoms with E-state index < -0.39 is 0 Å². The van der Waals surface area contributed by atoms with Crippen molar-refractivity contribution in [3.05, 3.63) is 63.1 Å². The smallest absolute Gasteiger partial charge is 0.133 e. The van der Waals surface area contributed by atoms with Crippen LogP contribution in [0, 0.1) is 13.8 Å². The molecule has 1 N–H and O–H groups in total. The lowest BCUT2D eigenvalue weighted by molar-refractivity contribution is 0.874. The van der Waals surface area contributed by atoms with Crippen LogP contribution in [0.2, 0.25) is 10.0 Å². The van der Waals surface area contributed by atoms with Gasteiger partial charge in [0, 0.05) is 17.7 Å². The summed E-state index contributed by atoms with van der Waals surface area (Å²) in [7, 11) is 0. The van der Waals surface area contributed by atoms with Crippen LogP contribution < -0.4 is 5.32 Å². The summed E-state index contributed by atoms with van der Waals surface area (Å²) in [5.74, 6) is 1.07. The van der Waals surface area contributed by atoms with E-state index in [1.807, 2.05) is 22.9 Å². The molecule has 2 aromatic carbocycles. The highest BCUT2D eigenvalue weighted by Gasteiger charge is 2.24. The first-order valence-corrected chi connectivity index (χ1v) is 8.69. The zero-order valence-electron chi connectivity index (χ0n) is 13.5. The number of rotatable bonds is 2. The number of anilines is 1. The van der Waals surface area contributed by atoms with Gasteiger partial charge in [-0.25, -0.2) is 4.68 Å². The quantitative estimate of drug-likeness (QED) is 0.662. The van der Waals surface area contributed by atoms with Gasteiger partial charge in [0.15, 0.2) is 0 Å². The third-order valence-electron chi connectivity index (χ3n) is 4.42. The molecule has 0 unspecified atom stereocenters. The Morgan fingerprint density at radius 3 is 2.62 bits per heavy atom. The van der Waals surface area contributed by atoms with E-state index in [1.54, 1.807) is 0 Å². The number of aryl methyl sites for hydroxylation is 2. The minimum atomic E-state index is 0.551. The van der Waals surface area contributed by atoms with Gasteiger partial charge in [0.05, 0.1) is 21.4 Å². The number of benzene rings is 2. The fraction of sp³-hybridized carbons (Fsp3) is 0.211. The van der Waals surface area contributed by atoms with Gasteiger partial charge < -0.3 is 5.32 Å². The molecule has 1 aliphatic heterocycles. The summed E-state index contributed by atoms with van der Waals surface area (Å²) < 4.78 is 2.01. The minimum absolute atomic E-state index is 0.551. The van der Waals surface area contributed by atoms with Gasteiger partial charge in [-0.15, -0.1) is 0 Å². The fourth-order valence-corrected chi connectivity index (χ4v) is 3.57. The number of nitrogens with one attached hydrogen (secondary N) is 1. The van der Waals surface area contributed by atoms with Crippen LogP contribution in [-0.4, -0.2) is 16.3 Å². The second-order valence-corrected chi connectivity index (χ2v) is 7.00. The van der Waals surface area contributed by atoms with Gasteiger partial charge in [-0.05, 0) is 44.0 Å². The molecule has 0 saturated carbocycles. The van der Waals surface area contributed by atoms with Crippen molar-refractivity contribution in [2.75, 3.05) is 11.9 Å². The SMILES string of the molecule is Cc1ccc(-n2nc(-c3ccc(Cl)c(Cl)c3)c3c2NCC3)c(C)c1. The average Bonchev–Trinajstić information content (AvgIpc) is 3.13. The lowest BCUT2D eigenvalue weighted by Gasteiger charge is -2.10. The monoisotopic (exact) mass is 357 g/mol. The van der Waals surface area contributed by atoms with Crippen molar-refractivity contribution < 1.29 is 0 Å².